The molecular weight excluding hydrogens is 374 g/mol. The molecule has 1 aliphatic heterocycles. The molecule has 2 aromatic carbocycles. The monoisotopic (exact) mass is 395 g/mol. The number of carbonyl (C=O) groups is 1. The van der Waals surface area contributed by atoms with Crippen LogP contribution in [0.3, 0.4) is 0 Å². The summed E-state index contributed by atoms with van der Waals surface area (Å²) in [7, 11) is 1.61. The Hall–Kier alpha value is -2.87. The van der Waals surface area contributed by atoms with Gasteiger partial charge in [-0.05, 0) is 60.0 Å². The Balaban J connectivity index is 1.54. The number of anilines is 1. The summed E-state index contributed by atoms with van der Waals surface area (Å²) in [5.41, 5.74) is 4.03. The first-order valence-electron chi connectivity index (χ1n) is 9.04. The van der Waals surface area contributed by atoms with Gasteiger partial charge in [0.05, 0.1) is 12.9 Å². The molecule has 0 aliphatic carbocycles. The first-order chi connectivity index (χ1) is 13.6. The molecule has 1 aromatic heterocycles. The van der Waals surface area contributed by atoms with Gasteiger partial charge >= 0.3 is 0 Å². The number of aromatic nitrogens is 4. The first-order valence-corrected chi connectivity index (χ1v) is 10.0. The molecule has 28 heavy (non-hydrogen) atoms. The molecule has 1 atom stereocenters. The lowest BCUT2D eigenvalue weighted by Gasteiger charge is -2.22. The fourth-order valence-electron chi connectivity index (χ4n) is 3.53. The summed E-state index contributed by atoms with van der Waals surface area (Å²) in [6.45, 7) is 4.07. The lowest BCUT2D eigenvalue weighted by atomic mass is 10.1. The number of carbonyl (C=O) groups excluding carboxylic acids is 1. The zero-order chi connectivity index (χ0) is 19.7. The van der Waals surface area contributed by atoms with Crippen LogP contribution in [0.5, 0.6) is 5.75 Å². The van der Waals surface area contributed by atoms with Crippen molar-refractivity contribution < 1.29 is 9.53 Å². The highest BCUT2D eigenvalue weighted by atomic mass is 32.2. The van der Waals surface area contributed by atoms with Gasteiger partial charge in [0.2, 0.25) is 11.1 Å². The Morgan fingerprint density at radius 2 is 2.07 bits per heavy atom. The number of nitrogens with zero attached hydrogens (tertiary/aromatic N) is 5. The fourth-order valence-corrected chi connectivity index (χ4v) is 4.27. The molecule has 0 spiro atoms. The van der Waals surface area contributed by atoms with Crippen LogP contribution < -0.4 is 9.64 Å². The van der Waals surface area contributed by atoms with Gasteiger partial charge in [0.1, 0.15) is 11.4 Å². The van der Waals surface area contributed by atoms with Gasteiger partial charge in [0.15, 0.2) is 0 Å². The number of hydrogen-bond acceptors (Lipinski definition) is 6. The number of methoxy groups -OCH3 is 1. The number of hydrogen-bond donors (Lipinski definition) is 0. The van der Waals surface area contributed by atoms with Crippen LogP contribution in [-0.2, 0) is 11.2 Å². The summed E-state index contributed by atoms with van der Waals surface area (Å²) in [6.07, 6.45) is 0.880. The molecule has 0 N–H and O–H groups in total. The van der Waals surface area contributed by atoms with Crippen LogP contribution in [0.15, 0.2) is 47.6 Å². The van der Waals surface area contributed by atoms with Crippen LogP contribution in [-0.4, -0.2) is 45.0 Å². The molecule has 1 aliphatic rings. The summed E-state index contributed by atoms with van der Waals surface area (Å²) in [6, 6.07) is 14.0. The molecule has 0 saturated carbocycles. The Morgan fingerprint density at radius 3 is 2.89 bits per heavy atom. The number of rotatable bonds is 5. The highest BCUT2D eigenvalue weighted by molar-refractivity contribution is 7.99. The number of ether oxygens (including phenoxy) is 1. The summed E-state index contributed by atoms with van der Waals surface area (Å²) < 4.78 is 7.05. The van der Waals surface area contributed by atoms with Gasteiger partial charge in [0, 0.05) is 11.7 Å². The van der Waals surface area contributed by atoms with Gasteiger partial charge in [-0.25, -0.2) is 0 Å². The second-order valence-electron chi connectivity index (χ2n) is 6.78. The maximum Gasteiger partial charge on any atom is 0.237 e. The molecule has 3 aromatic rings. The molecule has 0 saturated heterocycles. The van der Waals surface area contributed by atoms with E-state index in [4.69, 9.17) is 4.74 Å². The maximum atomic E-state index is 12.9. The van der Waals surface area contributed by atoms with E-state index in [1.165, 1.54) is 17.3 Å². The van der Waals surface area contributed by atoms with Crippen molar-refractivity contribution in [2.75, 3.05) is 17.8 Å². The minimum absolute atomic E-state index is 0.0493. The molecule has 0 fully saturated rings. The van der Waals surface area contributed by atoms with E-state index in [-0.39, 0.29) is 17.7 Å². The molecule has 7 nitrogen and oxygen atoms in total. The van der Waals surface area contributed by atoms with Crippen molar-refractivity contribution in [3.63, 3.8) is 0 Å². The predicted molar refractivity (Wildman–Crippen MR) is 108 cm³/mol. The van der Waals surface area contributed by atoms with E-state index >= 15 is 0 Å². The summed E-state index contributed by atoms with van der Waals surface area (Å²) in [5, 5.41) is 12.5. The first kappa shape index (κ1) is 18.5. The molecule has 144 valence electrons. The Morgan fingerprint density at radius 1 is 1.25 bits per heavy atom. The van der Waals surface area contributed by atoms with Crippen LogP contribution in [0.25, 0.3) is 5.69 Å². The third kappa shape index (κ3) is 3.35. The van der Waals surface area contributed by atoms with E-state index in [1.54, 1.807) is 11.8 Å². The Kier molecular flexibility index (Phi) is 5.04. The molecule has 0 bridgehead atoms. The highest BCUT2D eigenvalue weighted by Crippen LogP contribution is 2.33. The van der Waals surface area contributed by atoms with Crippen LogP contribution in [0.4, 0.5) is 5.69 Å². The third-order valence-corrected chi connectivity index (χ3v) is 5.71. The number of fused-ring (bicyclic) bond motifs is 1. The van der Waals surface area contributed by atoms with Gasteiger partial charge in [0.25, 0.3) is 0 Å². The number of thioether (sulfide) groups is 1. The quantitative estimate of drug-likeness (QED) is 0.618. The van der Waals surface area contributed by atoms with E-state index < -0.39 is 0 Å². The third-order valence-electron chi connectivity index (χ3n) is 4.80. The zero-order valence-electron chi connectivity index (χ0n) is 16.0. The molecule has 0 radical (unpaired) electrons. The lowest BCUT2D eigenvalue weighted by Crippen LogP contribution is -2.37. The number of aryl methyl sites for hydroxylation is 1. The SMILES string of the molecule is COc1ccc(C)cc1-n1nnnc1SCC(=O)N1c2ccccc2C[C@@H]1C. The second kappa shape index (κ2) is 7.63. The van der Waals surface area contributed by atoms with E-state index in [0.29, 0.717) is 10.9 Å². The summed E-state index contributed by atoms with van der Waals surface area (Å²) in [5.74, 6) is 0.981. The number of amides is 1. The number of tetrazole rings is 1. The molecule has 4 rings (SSSR count). The Labute approximate surface area is 167 Å². The smallest absolute Gasteiger partial charge is 0.237 e. The average Bonchev–Trinajstić information content (AvgIpc) is 3.29. The second-order valence-corrected chi connectivity index (χ2v) is 7.73. The van der Waals surface area contributed by atoms with Crippen molar-refractivity contribution in [2.45, 2.75) is 31.5 Å². The molecule has 0 unspecified atom stereocenters. The Bertz CT molecular complexity index is 1020. The van der Waals surface area contributed by atoms with Crippen LogP contribution in [0.1, 0.15) is 18.1 Å². The topological polar surface area (TPSA) is 73.1 Å². The van der Waals surface area contributed by atoms with E-state index in [0.717, 1.165) is 23.4 Å². The van der Waals surface area contributed by atoms with Crippen molar-refractivity contribution in [1.29, 1.82) is 0 Å². The van der Waals surface area contributed by atoms with E-state index in [2.05, 4.69) is 28.5 Å². The summed E-state index contributed by atoms with van der Waals surface area (Å²) >= 11 is 1.33. The minimum atomic E-state index is 0.0493. The van der Waals surface area contributed by atoms with Crippen LogP contribution in [0, 0.1) is 6.92 Å². The van der Waals surface area contributed by atoms with E-state index in [1.807, 2.05) is 48.2 Å². The van der Waals surface area contributed by atoms with Crippen molar-refractivity contribution in [1.82, 2.24) is 20.2 Å². The van der Waals surface area contributed by atoms with E-state index in [9.17, 15) is 4.79 Å². The predicted octanol–water partition coefficient (Wildman–Crippen LogP) is 3.05. The van der Waals surface area contributed by atoms with Gasteiger partial charge in [-0.3, -0.25) is 4.79 Å². The molecule has 2 heterocycles. The minimum Gasteiger partial charge on any atom is -0.494 e. The molecule has 1 amide bonds. The normalized spacial score (nSPS) is 15.5. The van der Waals surface area contributed by atoms with Gasteiger partial charge < -0.3 is 9.64 Å². The molecule has 8 heteroatoms. The zero-order valence-corrected chi connectivity index (χ0v) is 16.8. The maximum absolute atomic E-state index is 12.9. The van der Waals surface area contributed by atoms with Crippen molar-refractivity contribution in [3.8, 4) is 11.4 Å². The van der Waals surface area contributed by atoms with Gasteiger partial charge in [-0.2, -0.15) is 4.68 Å². The van der Waals surface area contributed by atoms with Crippen molar-refractivity contribution >= 4 is 23.4 Å². The fraction of sp³-hybridized carbons (Fsp3) is 0.300. The highest BCUT2D eigenvalue weighted by Gasteiger charge is 2.30. The summed E-state index contributed by atoms with van der Waals surface area (Å²) in [4.78, 5) is 14.8. The van der Waals surface area contributed by atoms with Gasteiger partial charge in [-0.1, -0.05) is 36.0 Å². The number of benzene rings is 2. The van der Waals surface area contributed by atoms with Gasteiger partial charge in [-0.15, -0.1) is 5.10 Å². The van der Waals surface area contributed by atoms with Crippen LogP contribution in [0.2, 0.25) is 0 Å². The largest absolute Gasteiger partial charge is 0.494 e. The van der Waals surface area contributed by atoms with Crippen molar-refractivity contribution in [2.24, 2.45) is 0 Å². The average molecular weight is 395 g/mol. The molecular formula is C20H21N5O2S. The number of para-hydroxylation sites is 1. The van der Waals surface area contributed by atoms with Crippen LogP contribution >= 0.6 is 11.8 Å². The standard InChI is InChI=1S/C20H21N5O2S/c1-13-8-9-18(27-3)17(10-13)25-20(21-22-23-25)28-12-19(26)24-14(2)11-15-6-4-5-7-16(15)24/h4-10,14H,11-12H2,1-3H3/t14-/m0/s1. The lowest BCUT2D eigenvalue weighted by molar-refractivity contribution is -0.116. The van der Waals surface area contributed by atoms with Crippen molar-refractivity contribution in [3.05, 3.63) is 53.6 Å².